The summed E-state index contributed by atoms with van der Waals surface area (Å²) >= 11 is 0. The Bertz CT molecular complexity index is 783. The molecule has 1 amide bonds. The van der Waals surface area contributed by atoms with Crippen LogP contribution in [0.25, 0.3) is 5.69 Å². The van der Waals surface area contributed by atoms with Crippen LogP contribution in [0.1, 0.15) is 49.0 Å². The summed E-state index contributed by atoms with van der Waals surface area (Å²) in [5.41, 5.74) is 0.611. The predicted molar refractivity (Wildman–Crippen MR) is 99.8 cm³/mol. The molecule has 1 heterocycles. The molecule has 1 aliphatic carbocycles. The van der Waals surface area contributed by atoms with Gasteiger partial charge in [-0.05, 0) is 18.9 Å². The molecule has 0 bridgehead atoms. The van der Waals surface area contributed by atoms with E-state index in [2.05, 4.69) is 20.9 Å². The van der Waals surface area contributed by atoms with Crippen LogP contribution < -0.4 is 10.6 Å². The number of nitro groups is 1. The number of rotatable bonds is 7. The third-order valence-electron chi connectivity index (χ3n) is 4.73. The van der Waals surface area contributed by atoms with E-state index in [1.54, 1.807) is 12.1 Å². The highest BCUT2D eigenvalue weighted by Gasteiger charge is 2.14. The molecule has 0 saturated heterocycles. The first-order valence-electron chi connectivity index (χ1n) is 9.32. The molecule has 9 nitrogen and oxygen atoms in total. The summed E-state index contributed by atoms with van der Waals surface area (Å²) in [6, 6.07) is 6.55. The third-order valence-corrected chi connectivity index (χ3v) is 4.73. The number of nitro benzene ring substituents is 1. The molecule has 1 aromatic heterocycles. The summed E-state index contributed by atoms with van der Waals surface area (Å²) in [6.45, 7) is 1.23. The second-order valence-corrected chi connectivity index (χ2v) is 6.72. The van der Waals surface area contributed by atoms with Crippen molar-refractivity contribution >= 4 is 11.6 Å². The lowest BCUT2D eigenvalue weighted by Crippen LogP contribution is -2.37. The molecule has 1 aliphatic rings. The molecule has 3 rings (SSSR count). The third kappa shape index (κ3) is 5.33. The number of benzene rings is 1. The van der Waals surface area contributed by atoms with E-state index >= 15 is 0 Å². The van der Waals surface area contributed by atoms with Crippen LogP contribution in [-0.4, -0.2) is 45.0 Å². The summed E-state index contributed by atoms with van der Waals surface area (Å²) in [5, 5.41) is 24.9. The van der Waals surface area contributed by atoms with Gasteiger partial charge in [-0.15, -0.1) is 5.10 Å². The van der Waals surface area contributed by atoms with Crippen LogP contribution in [0.2, 0.25) is 0 Å². The van der Waals surface area contributed by atoms with E-state index < -0.39 is 4.92 Å². The molecule has 0 radical (unpaired) electrons. The van der Waals surface area contributed by atoms with Gasteiger partial charge in [0.15, 0.2) is 5.69 Å². The summed E-state index contributed by atoms with van der Waals surface area (Å²) in [6.07, 6.45) is 9.03. The van der Waals surface area contributed by atoms with Gasteiger partial charge in [0, 0.05) is 31.3 Å². The first-order valence-corrected chi connectivity index (χ1v) is 9.32. The van der Waals surface area contributed by atoms with E-state index in [-0.39, 0.29) is 17.3 Å². The number of carbonyl (C=O) groups is 1. The average molecular weight is 372 g/mol. The summed E-state index contributed by atoms with van der Waals surface area (Å²) in [5.74, 6) is -0.311. The van der Waals surface area contributed by atoms with Crippen molar-refractivity contribution in [2.45, 2.75) is 44.6 Å². The molecule has 0 unspecified atom stereocenters. The number of aromatic nitrogens is 3. The van der Waals surface area contributed by atoms with Gasteiger partial charge in [0.05, 0.1) is 16.8 Å². The van der Waals surface area contributed by atoms with E-state index in [0.29, 0.717) is 18.3 Å². The lowest BCUT2D eigenvalue weighted by molar-refractivity contribution is -0.384. The Labute approximate surface area is 157 Å². The normalized spacial score (nSPS) is 15.3. The van der Waals surface area contributed by atoms with Gasteiger partial charge < -0.3 is 10.6 Å². The molecule has 0 spiro atoms. The highest BCUT2D eigenvalue weighted by Crippen LogP contribution is 2.17. The van der Waals surface area contributed by atoms with Crippen LogP contribution in [0.15, 0.2) is 30.5 Å². The molecule has 2 aromatic rings. The fourth-order valence-corrected chi connectivity index (χ4v) is 3.27. The Kier molecular flexibility index (Phi) is 6.48. The summed E-state index contributed by atoms with van der Waals surface area (Å²) in [7, 11) is 0. The minimum Gasteiger partial charge on any atom is -0.349 e. The molecule has 1 fully saturated rings. The minimum absolute atomic E-state index is 0.0430. The van der Waals surface area contributed by atoms with E-state index in [4.69, 9.17) is 0 Å². The number of non-ortho nitro benzene ring substituents is 1. The summed E-state index contributed by atoms with van der Waals surface area (Å²) in [4.78, 5) is 22.6. The monoisotopic (exact) mass is 372 g/mol. The van der Waals surface area contributed by atoms with Gasteiger partial charge in [-0.25, -0.2) is 4.68 Å². The lowest BCUT2D eigenvalue weighted by Gasteiger charge is -2.16. The van der Waals surface area contributed by atoms with Crippen LogP contribution in [0, 0.1) is 10.1 Å². The first kappa shape index (κ1) is 19.0. The van der Waals surface area contributed by atoms with Gasteiger partial charge in [0.1, 0.15) is 0 Å². The van der Waals surface area contributed by atoms with Gasteiger partial charge in [0.25, 0.3) is 11.6 Å². The smallest absolute Gasteiger partial charge is 0.273 e. The minimum atomic E-state index is -0.477. The number of hydrogen-bond acceptors (Lipinski definition) is 6. The van der Waals surface area contributed by atoms with E-state index in [0.717, 1.165) is 6.54 Å². The molecule has 0 aliphatic heterocycles. The number of hydrogen-bond donors (Lipinski definition) is 2. The van der Waals surface area contributed by atoms with E-state index in [9.17, 15) is 14.9 Å². The van der Waals surface area contributed by atoms with E-state index in [1.165, 1.54) is 61.5 Å². The Morgan fingerprint density at radius 3 is 2.74 bits per heavy atom. The zero-order chi connectivity index (χ0) is 19.1. The van der Waals surface area contributed by atoms with Crippen molar-refractivity contribution in [2.75, 3.05) is 13.1 Å². The van der Waals surface area contributed by atoms with Gasteiger partial charge >= 0.3 is 0 Å². The number of nitrogens with one attached hydrogen (secondary N) is 2. The summed E-state index contributed by atoms with van der Waals surface area (Å²) < 4.78 is 1.35. The molecule has 144 valence electrons. The van der Waals surface area contributed by atoms with Crippen molar-refractivity contribution in [3.8, 4) is 5.69 Å². The highest BCUT2D eigenvalue weighted by molar-refractivity contribution is 5.91. The molecule has 27 heavy (non-hydrogen) atoms. The van der Waals surface area contributed by atoms with Crippen molar-refractivity contribution in [3.05, 3.63) is 46.3 Å². The molecular weight excluding hydrogens is 348 g/mol. The van der Waals surface area contributed by atoms with Crippen molar-refractivity contribution in [1.82, 2.24) is 25.6 Å². The highest BCUT2D eigenvalue weighted by atomic mass is 16.6. The van der Waals surface area contributed by atoms with Crippen LogP contribution in [0.5, 0.6) is 0 Å². The topological polar surface area (TPSA) is 115 Å². The van der Waals surface area contributed by atoms with Crippen molar-refractivity contribution < 1.29 is 9.72 Å². The second kappa shape index (κ2) is 9.22. The van der Waals surface area contributed by atoms with E-state index in [1.807, 2.05) is 0 Å². The second-order valence-electron chi connectivity index (χ2n) is 6.72. The zero-order valence-electron chi connectivity index (χ0n) is 15.1. The van der Waals surface area contributed by atoms with Gasteiger partial charge in [-0.2, -0.15) is 0 Å². The maximum Gasteiger partial charge on any atom is 0.273 e. The Balaban J connectivity index is 1.49. The Morgan fingerprint density at radius 1 is 1.22 bits per heavy atom. The standard InChI is InChI=1S/C18H24N6O3/c25-18(20-11-10-19-14-6-3-1-2-4-7-14)17-13-23(22-21-17)15-8-5-9-16(12-15)24(26)27/h5,8-9,12-14,19H,1-4,6-7,10-11H2,(H,20,25). The van der Waals surface area contributed by atoms with Crippen LogP contribution in [-0.2, 0) is 0 Å². The van der Waals surface area contributed by atoms with Gasteiger partial charge in [0.2, 0.25) is 0 Å². The largest absolute Gasteiger partial charge is 0.349 e. The molecule has 1 aromatic carbocycles. The van der Waals surface area contributed by atoms with Crippen LogP contribution in [0.4, 0.5) is 5.69 Å². The quantitative estimate of drug-likeness (QED) is 0.333. The van der Waals surface area contributed by atoms with Gasteiger partial charge in [-0.3, -0.25) is 14.9 Å². The molecular formula is C18H24N6O3. The number of carbonyl (C=O) groups excluding carboxylic acids is 1. The number of amides is 1. The maximum absolute atomic E-state index is 12.2. The Morgan fingerprint density at radius 2 is 2.00 bits per heavy atom. The molecule has 0 atom stereocenters. The zero-order valence-corrected chi connectivity index (χ0v) is 15.1. The fraction of sp³-hybridized carbons (Fsp3) is 0.500. The molecule has 1 saturated carbocycles. The maximum atomic E-state index is 12.2. The van der Waals surface area contributed by atoms with Gasteiger partial charge in [-0.1, -0.05) is 37.0 Å². The van der Waals surface area contributed by atoms with Crippen molar-refractivity contribution in [1.29, 1.82) is 0 Å². The lowest BCUT2D eigenvalue weighted by atomic mass is 10.1. The van der Waals surface area contributed by atoms with Crippen molar-refractivity contribution in [2.24, 2.45) is 0 Å². The molecule has 9 heteroatoms. The number of nitrogens with zero attached hydrogens (tertiary/aromatic N) is 4. The predicted octanol–water partition coefficient (Wildman–Crippen LogP) is 2.22. The fourth-order valence-electron chi connectivity index (χ4n) is 3.27. The van der Waals surface area contributed by atoms with Crippen LogP contribution >= 0.6 is 0 Å². The molecule has 2 N–H and O–H groups in total. The Hall–Kier alpha value is -2.81. The SMILES string of the molecule is O=C(NCCNC1CCCCCC1)c1cn(-c2cccc([N+](=O)[O-])c2)nn1. The van der Waals surface area contributed by atoms with Crippen molar-refractivity contribution in [3.63, 3.8) is 0 Å². The van der Waals surface area contributed by atoms with Crippen LogP contribution in [0.3, 0.4) is 0 Å². The average Bonchev–Trinajstić information content (AvgIpc) is 3.03. The first-order chi connectivity index (χ1) is 13.1.